The molecule has 1 atom stereocenters. The van der Waals surface area contributed by atoms with Crippen molar-refractivity contribution in [3.8, 4) is 0 Å². The van der Waals surface area contributed by atoms with E-state index in [1.54, 1.807) is 4.90 Å². The topological polar surface area (TPSA) is 86.7 Å². The second-order valence-corrected chi connectivity index (χ2v) is 6.19. The fraction of sp³-hybridized carbons (Fsp3) is 0.500. The zero-order valence-corrected chi connectivity index (χ0v) is 14.0. The Bertz CT molecular complexity index is 598. The van der Waals surface area contributed by atoms with Crippen molar-refractivity contribution in [3.05, 3.63) is 29.8 Å². The normalized spacial score (nSPS) is 17.6. The lowest BCUT2D eigenvalue weighted by Gasteiger charge is -2.32. The third kappa shape index (κ3) is 5.08. The molecule has 6 nitrogen and oxygen atoms in total. The summed E-state index contributed by atoms with van der Waals surface area (Å²) in [6.45, 7) is 2.65. The van der Waals surface area contributed by atoms with Gasteiger partial charge in [0.05, 0.1) is 0 Å². The molecule has 6 heteroatoms. The summed E-state index contributed by atoms with van der Waals surface area (Å²) >= 11 is 0. The van der Waals surface area contributed by atoms with Gasteiger partial charge in [-0.2, -0.15) is 0 Å². The minimum atomic E-state index is -0.855. The summed E-state index contributed by atoms with van der Waals surface area (Å²) in [5.41, 5.74) is 1.99. The predicted molar refractivity (Wildman–Crippen MR) is 90.8 cm³/mol. The molecule has 2 amide bonds. The van der Waals surface area contributed by atoms with Crippen LogP contribution in [-0.4, -0.2) is 35.5 Å². The first kappa shape index (κ1) is 18.0. The number of hydrogen-bond acceptors (Lipinski definition) is 3. The third-order valence-electron chi connectivity index (χ3n) is 4.16. The molecule has 0 bridgehead atoms. The van der Waals surface area contributed by atoms with E-state index in [2.05, 4.69) is 5.32 Å². The number of hydrogen-bond donors (Lipinski definition) is 2. The number of carbonyl (C=O) groups is 3. The highest BCUT2D eigenvalue weighted by Gasteiger charge is 2.30. The first-order valence-corrected chi connectivity index (χ1v) is 8.36. The van der Waals surface area contributed by atoms with E-state index in [-0.39, 0.29) is 24.7 Å². The Morgan fingerprint density at radius 3 is 2.54 bits per heavy atom. The molecule has 1 aliphatic heterocycles. The molecule has 1 saturated heterocycles. The number of aliphatic carboxylic acids is 1. The first-order chi connectivity index (χ1) is 11.5. The van der Waals surface area contributed by atoms with E-state index in [4.69, 9.17) is 5.11 Å². The zero-order chi connectivity index (χ0) is 17.5. The van der Waals surface area contributed by atoms with Gasteiger partial charge >= 0.3 is 5.97 Å². The van der Waals surface area contributed by atoms with E-state index in [1.807, 2.05) is 31.2 Å². The second kappa shape index (κ2) is 8.47. The number of carboxylic acid groups (broad SMARTS) is 1. The van der Waals surface area contributed by atoms with Gasteiger partial charge in [-0.3, -0.25) is 14.4 Å². The Kier molecular flexibility index (Phi) is 6.35. The lowest BCUT2D eigenvalue weighted by atomic mass is 10.0. The van der Waals surface area contributed by atoms with Crippen molar-refractivity contribution in [2.75, 3.05) is 11.4 Å². The number of nitrogens with one attached hydrogen (secondary N) is 1. The van der Waals surface area contributed by atoms with Crippen molar-refractivity contribution >= 4 is 23.5 Å². The van der Waals surface area contributed by atoms with Crippen LogP contribution in [0, 0.1) is 6.92 Å². The molecular formula is C18H24N2O4. The van der Waals surface area contributed by atoms with Crippen LogP contribution >= 0.6 is 0 Å². The molecule has 1 aliphatic rings. The van der Waals surface area contributed by atoms with Crippen LogP contribution in [0.4, 0.5) is 5.69 Å². The number of carboxylic acids is 1. The highest BCUT2D eigenvalue weighted by molar-refractivity contribution is 5.99. The monoisotopic (exact) mass is 332 g/mol. The van der Waals surface area contributed by atoms with Crippen molar-refractivity contribution in [1.29, 1.82) is 0 Å². The van der Waals surface area contributed by atoms with Gasteiger partial charge in [0.25, 0.3) is 0 Å². The number of benzene rings is 1. The Balaban J connectivity index is 1.86. The lowest BCUT2D eigenvalue weighted by Crippen LogP contribution is -2.52. The quantitative estimate of drug-likeness (QED) is 0.750. The van der Waals surface area contributed by atoms with Gasteiger partial charge < -0.3 is 15.3 Å². The van der Waals surface area contributed by atoms with Gasteiger partial charge in [0, 0.05) is 25.1 Å². The van der Waals surface area contributed by atoms with Crippen LogP contribution in [-0.2, 0) is 14.4 Å². The van der Waals surface area contributed by atoms with Gasteiger partial charge in [0.1, 0.15) is 6.04 Å². The molecule has 2 rings (SSSR count). The molecule has 1 unspecified atom stereocenters. The van der Waals surface area contributed by atoms with Crippen LogP contribution < -0.4 is 10.2 Å². The van der Waals surface area contributed by atoms with Crippen molar-refractivity contribution in [2.24, 2.45) is 0 Å². The molecule has 0 spiro atoms. The molecule has 1 aromatic carbocycles. The second-order valence-electron chi connectivity index (χ2n) is 6.19. The van der Waals surface area contributed by atoms with Gasteiger partial charge in [0.15, 0.2) is 0 Å². The highest BCUT2D eigenvalue weighted by Crippen LogP contribution is 2.21. The molecule has 24 heavy (non-hydrogen) atoms. The molecule has 2 N–H and O–H groups in total. The highest BCUT2D eigenvalue weighted by atomic mass is 16.4. The van der Waals surface area contributed by atoms with Crippen LogP contribution in [0.5, 0.6) is 0 Å². The SMILES string of the molecule is Cc1ccc(N2CCCC(NC(=O)CCCCC(=O)O)C2=O)cc1. The molecule has 130 valence electrons. The van der Waals surface area contributed by atoms with E-state index in [0.29, 0.717) is 25.8 Å². The van der Waals surface area contributed by atoms with Gasteiger partial charge in [-0.25, -0.2) is 0 Å². The minimum absolute atomic E-state index is 0.0663. The molecule has 0 radical (unpaired) electrons. The van der Waals surface area contributed by atoms with E-state index >= 15 is 0 Å². The fourth-order valence-corrected chi connectivity index (χ4v) is 2.82. The van der Waals surface area contributed by atoms with Crippen molar-refractivity contribution in [3.63, 3.8) is 0 Å². The molecule has 1 aromatic rings. The first-order valence-electron chi connectivity index (χ1n) is 8.36. The van der Waals surface area contributed by atoms with Gasteiger partial charge in [-0.05, 0) is 44.7 Å². The minimum Gasteiger partial charge on any atom is -0.481 e. The number of anilines is 1. The van der Waals surface area contributed by atoms with Crippen LogP contribution in [0.1, 0.15) is 44.1 Å². The summed E-state index contributed by atoms with van der Waals surface area (Å²) < 4.78 is 0. The van der Waals surface area contributed by atoms with Crippen LogP contribution in [0.15, 0.2) is 24.3 Å². The summed E-state index contributed by atoms with van der Waals surface area (Å²) in [5.74, 6) is -1.12. The maximum atomic E-state index is 12.6. The maximum Gasteiger partial charge on any atom is 0.303 e. The van der Waals surface area contributed by atoms with Crippen LogP contribution in [0.25, 0.3) is 0 Å². The number of rotatable bonds is 7. The zero-order valence-electron chi connectivity index (χ0n) is 14.0. The smallest absolute Gasteiger partial charge is 0.303 e. The average molecular weight is 332 g/mol. The number of nitrogens with zero attached hydrogens (tertiary/aromatic N) is 1. The number of unbranched alkanes of at least 4 members (excludes halogenated alkanes) is 1. The molecular weight excluding hydrogens is 308 g/mol. The van der Waals surface area contributed by atoms with E-state index in [9.17, 15) is 14.4 Å². The number of aryl methyl sites for hydroxylation is 1. The molecule has 0 aliphatic carbocycles. The molecule has 0 saturated carbocycles. The molecule has 1 heterocycles. The third-order valence-corrected chi connectivity index (χ3v) is 4.16. The largest absolute Gasteiger partial charge is 0.481 e. The average Bonchev–Trinajstić information content (AvgIpc) is 2.54. The summed E-state index contributed by atoms with van der Waals surface area (Å²) in [4.78, 5) is 36.7. The summed E-state index contributed by atoms with van der Waals surface area (Å²) in [6, 6.07) is 7.28. The van der Waals surface area contributed by atoms with Gasteiger partial charge in [-0.1, -0.05) is 17.7 Å². The Hall–Kier alpha value is -2.37. The van der Waals surface area contributed by atoms with Gasteiger partial charge in [-0.15, -0.1) is 0 Å². The van der Waals surface area contributed by atoms with Crippen LogP contribution in [0.3, 0.4) is 0 Å². The standard InChI is InChI=1S/C18H24N2O4/c1-13-8-10-14(11-9-13)20-12-4-5-15(18(20)24)19-16(21)6-2-3-7-17(22)23/h8-11,15H,2-7,12H2,1H3,(H,19,21)(H,22,23). The van der Waals surface area contributed by atoms with Crippen molar-refractivity contribution in [1.82, 2.24) is 5.32 Å². The van der Waals surface area contributed by atoms with E-state index in [1.165, 1.54) is 0 Å². The van der Waals surface area contributed by atoms with Crippen molar-refractivity contribution in [2.45, 2.75) is 51.5 Å². The maximum absolute atomic E-state index is 12.6. The number of carbonyl (C=O) groups excluding carboxylic acids is 2. The Morgan fingerprint density at radius 2 is 1.88 bits per heavy atom. The Labute approximate surface area is 141 Å². The summed E-state index contributed by atoms with van der Waals surface area (Å²) in [6.07, 6.45) is 2.78. The van der Waals surface area contributed by atoms with Crippen LogP contribution in [0.2, 0.25) is 0 Å². The predicted octanol–water partition coefficient (Wildman–Crippen LogP) is 2.25. The fourth-order valence-electron chi connectivity index (χ4n) is 2.82. The summed E-state index contributed by atoms with van der Waals surface area (Å²) in [7, 11) is 0. The number of piperidine rings is 1. The van der Waals surface area contributed by atoms with E-state index in [0.717, 1.165) is 17.7 Å². The number of amides is 2. The summed E-state index contributed by atoms with van der Waals surface area (Å²) in [5, 5.41) is 11.4. The molecule has 0 aromatic heterocycles. The lowest BCUT2D eigenvalue weighted by molar-refractivity contribution is -0.137. The Morgan fingerprint density at radius 1 is 1.21 bits per heavy atom. The van der Waals surface area contributed by atoms with Gasteiger partial charge in [0.2, 0.25) is 11.8 Å². The van der Waals surface area contributed by atoms with E-state index < -0.39 is 12.0 Å². The van der Waals surface area contributed by atoms with Crippen molar-refractivity contribution < 1.29 is 19.5 Å². The molecule has 1 fully saturated rings.